The number of ether oxygens (including phenoxy) is 1. The molecule has 0 atom stereocenters. The van der Waals surface area contributed by atoms with E-state index >= 15 is 0 Å². The van der Waals surface area contributed by atoms with Crippen LogP contribution >= 0.6 is 0 Å². The summed E-state index contributed by atoms with van der Waals surface area (Å²) in [5.74, 6) is 6.10. The van der Waals surface area contributed by atoms with Crippen molar-refractivity contribution >= 4 is 30.1 Å². The van der Waals surface area contributed by atoms with Gasteiger partial charge < -0.3 is 0 Å². The Bertz CT molecular complexity index is 867. The van der Waals surface area contributed by atoms with E-state index in [1.807, 2.05) is 55.5 Å². The van der Waals surface area contributed by atoms with E-state index in [9.17, 15) is 4.79 Å². The molecule has 2 nitrogen and oxygen atoms in total. The van der Waals surface area contributed by atoms with Crippen molar-refractivity contribution in [3.8, 4) is 11.8 Å². The average molecular weight is 353 g/mol. The van der Waals surface area contributed by atoms with Crippen LogP contribution in [0.4, 0.5) is 0 Å². The van der Waals surface area contributed by atoms with Crippen LogP contribution in [0.15, 0.2) is 54.6 Å². The van der Waals surface area contributed by atoms with Crippen LogP contribution in [0.1, 0.15) is 27.3 Å². The molecule has 0 unspecified atom stereocenters. The van der Waals surface area contributed by atoms with Crippen molar-refractivity contribution in [1.29, 1.82) is 0 Å². The van der Waals surface area contributed by atoms with Crippen molar-refractivity contribution in [2.24, 2.45) is 0 Å². The van der Waals surface area contributed by atoms with E-state index in [0.29, 0.717) is 6.61 Å². The molecule has 0 aliphatic carbocycles. The minimum atomic E-state index is -0.240. The fraction of sp³-hybridized carbons (Fsp3) is 0.105. The summed E-state index contributed by atoms with van der Waals surface area (Å²) < 4.78 is 7.10. The topological polar surface area (TPSA) is 26.3 Å². The third-order valence-corrected chi connectivity index (χ3v) is 5.58. The monoisotopic (exact) mass is 354 g/mol. The van der Waals surface area contributed by atoms with Crippen LogP contribution in [-0.2, 0) is 4.74 Å². The molecule has 0 aliphatic rings. The first kappa shape index (κ1) is 14.7. The first-order valence-corrected chi connectivity index (χ1v) is 8.76. The van der Waals surface area contributed by atoms with E-state index in [1.165, 1.54) is 4.26 Å². The van der Waals surface area contributed by atoms with Crippen molar-refractivity contribution in [3.05, 3.63) is 70.2 Å². The van der Waals surface area contributed by atoms with Gasteiger partial charge in [-0.1, -0.05) is 0 Å². The van der Waals surface area contributed by atoms with E-state index in [2.05, 4.69) is 17.9 Å². The maximum atomic E-state index is 12.2. The first-order chi connectivity index (χ1) is 10.8. The molecule has 0 saturated heterocycles. The van der Waals surface area contributed by atoms with E-state index < -0.39 is 0 Å². The molecule has 2 aromatic carbocycles. The summed E-state index contributed by atoms with van der Waals surface area (Å²) in [6.07, 6.45) is 0. The molecule has 0 radical (unpaired) electrons. The summed E-state index contributed by atoms with van der Waals surface area (Å²) in [7, 11) is 0. The second-order valence-corrected chi connectivity index (χ2v) is 6.85. The predicted octanol–water partition coefficient (Wildman–Crippen LogP) is 3.47. The molecule has 22 heavy (non-hydrogen) atoms. The summed E-state index contributed by atoms with van der Waals surface area (Å²) >= 11 is -0.0381. The molecule has 108 valence electrons. The van der Waals surface area contributed by atoms with Gasteiger partial charge in [0.05, 0.1) is 0 Å². The van der Waals surface area contributed by atoms with E-state index in [0.717, 1.165) is 21.0 Å². The normalized spacial score (nSPS) is 10.0. The summed E-state index contributed by atoms with van der Waals surface area (Å²) in [4.78, 5) is 12.2. The fourth-order valence-corrected chi connectivity index (χ4v) is 4.37. The van der Waals surface area contributed by atoms with Gasteiger partial charge in [0.2, 0.25) is 0 Å². The second-order valence-electron chi connectivity index (χ2n) is 4.64. The summed E-state index contributed by atoms with van der Waals surface area (Å²) in [6.45, 7) is 2.21. The zero-order chi connectivity index (χ0) is 15.4. The van der Waals surface area contributed by atoms with Gasteiger partial charge in [-0.25, -0.2) is 0 Å². The molecular formula is C19H14O2Se. The van der Waals surface area contributed by atoms with Gasteiger partial charge in [-0.15, -0.1) is 0 Å². The number of benzene rings is 2. The van der Waals surface area contributed by atoms with E-state index in [4.69, 9.17) is 4.74 Å². The predicted molar refractivity (Wildman–Crippen MR) is 89.3 cm³/mol. The van der Waals surface area contributed by atoms with Gasteiger partial charge in [-0.2, -0.15) is 0 Å². The van der Waals surface area contributed by atoms with E-state index in [-0.39, 0.29) is 20.5 Å². The van der Waals surface area contributed by atoms with E-state index in [1.54, 1.807) is 0 Å². The molecule has 0 amide bonds. The first-order valence-electron chi connectivity index (χ1n) is 7.05. The zero-order valence-corrected chi connectivity index (χ0v) is 13.8. The van der Waals surface area contributed by atoms with Crippen LogP contribution in [0.25, 0.3) is 9.65 Å². The molecule has 1 aromatic heterocycles. The Labute approximate surface area is 135 Å². The van der Waals surface area contributed by atoms with Crippen molar-refractivity contribution in [2.75, 3.05) is 6.61 Å². The Morgan fingerprint density at radius 1 is 1.05 bits per heavy atom. The third-order valence-electron chi connectivity index (χ3n) is 3.16. The van der Waals surface area contributed by atoms with Crippen molar-refractivity contribution in [2.45, 2.75) is 6.92 Å². The Kier molecular flexibility index (Phi) is 4.44. The van der Waals surface area contributed by atoms with Gasteiger partial charge in [0.1, 0.15) is 0 Å². The molecule has 3 aromatic rings. The molecule has 0 bridgehead atoms. The molecule has 0 saturated carbocycles. The zero-order valence-electron chi connectivity index (χ0n) is 12.1. The van der Waals surface area contributed by atoms with Gasteiger partial charge in [0, 0.05) is 0 Å². The standard InChI is InChI=1S/C19H14O2Se/c1-2-21-19(20)18-16(13-12-14-8-4-3-5-9-14)15-10-6-7-11-17(15)22-18/h3-11H,2H2,1H3. The van der Waals surface area contributed by atoms with Crippen LogP contribution in [0.2, 0.25) is 0 Å². The van der Waals surface area contributed by atoms with Crippen LogP contribution in [0.3, 0.4) is 0 Å². The molecular weight excluding hydrogens is 339 g/mol. The van der Waals surface area contributed by atoms with Gasteiger partial charge in [0.25, 0.3) is 0 Å². The number of carbonyl (C=O) groups excluding carboxylic acids is 1. The molecule has 0 aliphatic heterocycles. The number of carbonyl (C=O) groups is 1. The van der Waals surface area contributed by atoms with Gasteiger partial charge in [-0.05, 0) is 0 Å². The van der Waals surface area contributed by atoms with Crippen LogP contribution < -0.4 is 0 Å². The molecule has 0 spiro atoms. The number of fused-ring (bicyclic) bond motifs is 1. The van der Waals surface area contributed by atoms with Crippen molar-refractivity contribution in [1.82, 2.24) is 0 Å². The number of esters is 1. The Balaban J connectivity index is 2.12. The average Bonchev–Trinajstić information content (AvgIpc) is 2.93. The van der Waals surface area contributed by atoms with Gasteiger partial charge in [0.15, 0.2) is 0 Å². The Morgan fingerprint density at radius 3 is 2.55 bits per heavy atom. The third kappa shape index (κ3) is 2.99. The molecule has 1 heterocycles. The number of hydrogen-bond donors (Lipinski definition) is 0. The van der Waals surface area contributed by atoms with Gasteiger partial charge >= 0.3 is 135 Å². The van der Waals surface area contributed by atoms with Crippen molar-refractivity contribution < 1.29 is 9.53 Å². The van der Waals surface area contributed by atoms with Gasteiger partial charge in [-0.3, -0.25) is 0 Å². The quantitative estimate of drug-likeness (QED) is 0.401. The molecule has 3 rings (SSSR count). The fourth-order valence-electron chi connectivity index (χ4n) is 2.17. The van der Waals surface area contributed by atoms with Crippen LogP contribution in [0, 0.1) is 11.8 Å². The number of hydrogen-bond acceptors (Lipinski definition) is 2. The molecule has 0 fully saturated rings. The van der Waals surface area contributed by atoms with Crippen molar-refractivity contribution in [3.63, 3.8) is 0 Å². The second kappa shape index (κ2) is 6.66. The van der Waals surface area contributed by atoms with Crippen LogP contribution in [-0.4, -0.2) is 27.1 Å². The Morgan fingerprint density at radius 2 is 1.77 bits per heavy atom. The minimum absolute atomic E-state index is 0.0381. The molecule has 3 heteroatoms. The summed E-state index contributed by atoms with van der Waals surface area (Å²) in [5.41, 5.74) is 1.76. The van der Waals surface area contributed by atoms with Crippen LogP contribution in [0.5, 0.6) is 0 Å². The Hall–Kier alpha value is -2.27. The summed E-state index contributed by atoms with van der Waals surface area (Å²) in [5, 5.41) is 1.06. The number of rotatable bonds is 2. The molecule has 0 N–H and O–H groups in total. The SMILES string of the molecule is CCOC(=O)c1[se]c2ccccc2c1C#Cc1ccccc1. The summed E-state index contributed by atoms with van der Waals surface area (Å²) in [6, 6.07) is 17.9. The maximum absolute atomic E-state index is 12.2.